The number of nitrogens with zero attached hydrogens (tertiary/aromatic N) is 2. The maximum absolute atomic E-state index is 13.1. The first-order chi connectivity index (χ1) is 14.4. The first-order valence-corrected chi connectivity index (χ1v) is 12.6. The van der Waals surface area contributed by atoms with Crippen molar-refractivity contribution in [1.29, 1.82) is 0 Å². The normalized spacial score (nSPS) is 12.3. The highest BCUT2D eigenvalue weighted by atomic mass is 35.5. The van der Waals surface area contributed by atoms with Gasteiger partial charge in [-0.1, -0.05) is 48.9 Å². The largest absolute Gasteiger partial charge is 0.356 e. The molecule has 0 atom stereocenters. The smallest absolute Gasteiger partial charge is 0.263 e. The molecule has 0 bridgehead atoms. The van der Waals surface area contributed by atoms with Gasteiger partial charge in [-0.3, -0.25) is 9.71 Å². The molecule has 6 nitrogen and oxygen atoms in total. The Kier molecular flexibility index (Phi) is 6.64. The van der Waals surface area contributed by atoms with Crippen molar-refractivity contribution in [1.82, 2.24) is 9.97 Å². The van der Waals surface area contributed by atoms with E-state index in [-0.39, 0.29) is 10.4 Å². The predicted octanol–water partition coefficient (Wildman–Crippen LogP) is 6.12. The van der Waals surface area contributed by atoms with Crippen LogP contribution in [0.4, 0.5) is 10.8 Å². The monoisotopic (exact) mass is 478 g/mol. The highest BCUT2D eigenvalue weighted by Gasteiger charge is 2.25. The fourth-order valence-electron chi connectivity index (χ4n) is 2.79. The number of sulfonamides is 1. The molecule has 0 aliphatic rings. The Morgan fingerprint density at radius 3 is 2.45 bits per heavy atom. The quantitative estimate of drug-likeness (QED) is 0.427. The summed E-state index contributed by atoms with van der Waals surface area (Å²) in [7, 11) is -3.87. The third kappa shape index (κ3) is 5.19. The average Bonchev–Trinajstić information content (AvgIpc) is 3.03. The summed E-state index contributed by atoms with van der Waals surface area (Å²) >= 11 is 7.62. The topological polar surface area (TPSA) is 84.0 Å². The van der Waals surface area contributed by atoms with E-state index in [2.05, 4.69) is 47.7 Å². The van der Waals surface area contributed by atoms with Crippen LogP contribution in [0.25, 0.3) is 10.4 Å². The van der Waals surface area contributed by atoms with Crippen molar-refractivity contribution in [2.45, 2.75) is 52.0 Å². The molecule has 0 radical (unpaired) electrons. The van der Waals surface area contributed by atoms with Gasteiger partial charge in [-0.05, 0) is 51.8 Å². The summed E-state index contributed by atoms with van der Waals surface area (Å²) in [6, 6.07) is 8.36. The molecule has 0 amide bonds. The highest BCUT2D eigenvalue weighted by molar-refractivity contribution is 7.92. The van der Waals surface area contributed by atoms with Crippen molar-refractivity contribution in [3.05, 3.63) is 52.9 Å². The van der Waals surface area contributed by atoms with Gasteiger partial charge in [0.25, 0.3) is 10.0 Å². The van der Waals surface area contributed by atoms with E-state index in [1.54, 1.807) is 43.5 Å². The van der Waals surface area contributed by atoms with Crippen LogP contribution in [-0.2, 0) is 10.0 Å². The van der Waals surface area contributed by atoms with E-state index in [0.29, 0.717) is 27.9 Å². The Balaban J connectivity index is 1.97. The van der Waals surface area contributed by atoms with Crippen LogP contribution < -0.4 is 10.0 Å². The first kappa shape index (κ1) is 23.5. The van der Waals surface area contributed by atoms with Crippen LogP contribution in [0.2, 0.25) is 5.02 Å². The molecule has 31 heavy (non-hydrogen) atoms. The van der Waals surface area contributed by atoms with Crippen LogP contribution in [0.15, 0.2) is 41.4 Å². The Hall–Kier alpha value is -2.16. The van der Waals surface area contributed by atoms with Crippen molar-refractivity contribution < 1.29 is 8.42 Å². The molecular formula is C22H27ClN4O2S2. The average molecular weight is 479 g/mol. The number of para-hydroxylation sites is 1. The van der Waals surface area contributed by atoms with E-state index < -0.39 is 10.0 Å². The summed E-state index contributed by atoms with van der Waals surface area (Å²) in [6.45, 7) is 12.2. The van der Waals surface area contributed by atoms with Gasteiger partial charge in [0.15, 0.2) is 5.13 Å². The lowest BCUT2D eigenvalue weighted by Gasteiger charge is -2.30. The van der Waals surface area contributed by atoms with Crippen molar-refractivity contribution in [2.24, 2.45) is 5.92 Å². The lowest BCUT2D eigenvalue weighted by Crippen LogP contribution is -2.36. The van der Waals surface area contributed by atoms with E-state index in [9.17, 15) is 8.42 Å². The summed E-state index contributed by atoms with van der Waals surface area (Å²) in [6.07, 6.45) is 1.68. The Morgan fingerprint density at radius 2 is 1.81 bits per heavy atom. The molecule has 0 saturated carbocycles. The number of thiazole rings is 1. The molecule has 9 heteroatoms. The first-order valence-electron chi connectivity index (χ1n) is 9.90. The maximum Gasteiger partial charge on any atom is 0.263 e. The van der Waals surface area contributed by atoms with Gasteiger partial charge < -0.3 is 5.32 Å². The minimum absolute atomic E-state index is 0.106. The van der Waals surface area contributed by atoms with Gasteiger partial charge >= 0.3 is 0 Å². The fraction of sp³-hybridized carbons (Fsp3) is 0.364. The lowest BCUT2D eigenvalue weighted by molar-refractivity contribution is 0.407. The fourth-order valence-corrected chi connectivity index (χ4v) is 5.44. The number of benzene rings is 1. The van der Waals surface area contributed by atoms with E-state index in [0.717, 1.165) is 15.7 Å². The molecule has 0 unspecified atom stereocenters. The number of aromatic nitrogens is 2. The van der Waals surface area contributed by atoms with Crippen LogP contribution >= 0.6 is 22.9 Å². The number of pyridine rings is 1. The summed E-state index contributed by atoms with van der Waals surface area (Å²) in [5.74, 6) is 0.411. The second kappa shape index (κ2) is 8.76. The summed E-state index contributed by atoms with van der Waals surface area (Å²) < 4.78 is 28.7. The number of hydrogen-bond donors (Lipinski definition) is 2. The number of nitrogens with one attached hydrogen (secondary N) is 2. The number of halogens is 1. The van der Waals surface area contributed by atoms with Gasteiger partial charge in [-0.2, -0.15) is 0 Å². The van der Waals surface area contributed by atoms with Crippen LogP contribution in [-0.4, -0.2) is 23.9 Å². The zero-order valence-electron chi connectivity index (χ0n) is 18.4. The number of aryl methyl sites for hydroxylation is 2. The van der Waals surface area contributed by atoms with E-state index in [1.807, 2.05) is 6.92 Å². The SMILES string of the molecule is Cc1ncc(-c2sc(NC(C)(C)C(C)C)nc2C)cc1S(=O)(=O)Nc1ccccc1Cl. The van der Waals surface area contributed by atoms with Crippen LogP contribution in [0.3, 0.4) is 0 Å². The lowest BCUT2D eigenvalue weighted by atomic mass is 9.91. The second-order valence-electron chi connectivity index (χ2n) is 8.33. The zero-order chi connectivity index (χ0) is 23.0. The van der Waals surface area contributed by atoms with Crippen molar-refractivity contribution in [3.63, 3.8) is 0 Å². The zero-order valence-corrected chi connectivity index (χ0v) is 20.8. The van der Waals surface area contributed by atoms with E-state index in [4.69, 9.17) is 11.6 Å². The van der Waals surface area contributed by atoms with Crippen molar-refractivity contribution in [2.75, 3.05) is 10.0 Å². The van der Waals surface area contributed by atoms with Crippen LogP contribution in [0.5, 0.6) is 0 Å². The second-order valence-corrected chi connectivity index (χ2v) is 11.4. The maximum atomic E-state index is 13.1. The molecule has 3 rings (SSSR count). The number of hydrogen-bond acceptors (Lipinski definition) is 6. The van der Waals surface area contributed by atoms with Gasteiger partial charge in [-0.25, -0.2) is 13.4 Å². The van der Waals surface area contributed by atoms with Gasteiger partial charge in [0.05, 0.1) is 27.0 Å². The number of anilines is 2. The summed E-state index contributed by atoms with van der Waals surface area (Å²) in [4.78, 5) is 9.98. The molecule has 0 aliphatic heterocycles. The number of rotatable bonds is 7. The Morgan fingerprint density at radius 1 is 1.13 bits per heavy atom. The van der Waals surface area contributed by atoms with Crippen LogP contribution in [0.1, 0.15) is 39.1 Å². The third-order valence-electron chi connectivity index (χ3n) is 5.38. The molecule has 2 heterocycles. The molecule has 0 saturated heterocycles. The Labute approximate surface area is 193 Å². The minimum atomic E-state index is -3.87. The molecule has 3 aromatic rings. The molecule has 2 aromatic heterocycles. The molecule has 0 fully saturated rings. The summed E-state index contributed by atoms with van der Waals surface area (Å²) in [5, 5.41) is 4.61. The minimum Gasteiger partial charge on any atom is -0.356 e. The summed E-state index contributed by atoms with van der Waals surface area (Å²) in [5.41, 5.74) is 2.13. The van der Waals surface area contributed by atoms with Crippen molar-refractivity contribution >= 4 is 43.8 Å². The molecular weight excluding hydrogens is 452 g/mol. The van der Waals surface area contributed by atoms with Crippen molar-refractivity contribution in [3.8, 4) is 10.4 Å². The third-order valence-corrected chi connectivity index (χ3v) is 8.31. The van der Waals surface area contributed by atoms with E-state index in [1.165, 1.54) is 11.3 Å². The molecule has 1 aromatic carbocycles. The molecule has 166 valence electrons. The van der Waals surface area contributed by atoms with Crippen LogP contribution in [0, 0.1) is 19.8 Å². The molecule has 0 spiro atoms. The van der Waals surface area contributed by atoms with Gasteiger partial charge in [0.2, 0.25) is 0 Å². The van der Waals surface area contributed by atoms with E-state index >= 15 is 0 Å². The van der Waals surface area contributed by atoms with Gasteiger partial charge in [0, 0.05) is 17.3 Å². The Bertz CT molecular complexity index is 1200. The molecule has 2 N–H and O–H groups in total. The van der Waals surface area contributed by atoms with Gasteiger partial charge in [-0.15, -0.1) is 0 Å². The molecule has 0 aliphatic carbocycles. The highest BCUT2D eigenvalue weighted by Crippen LogP contribution is 2.36. The standard InChI is InChI=1S/C22H27ClN4O2S2/c1-13(2)22(5,6)26-21-25-15(4)20(30-21)16-11-19(14(3)24-12-16)31(28,29)27-18-10-8-7-9-17(18)23/h7-13,27H,1-6H3,(H,25,26). The predicted molar refractivity (Wildman–Crippen MR) is 130 cm³/mol. The van der Waals surface area contributed by atoms with Gasteiger partial charge in [0.1, 0.15) is 4.90 Å².